The highest BCUT2D eigenvalue weighted by Gasteiger charge is 2.21. The second-order valence-electron chi connectivity index (χ2n) is 6.74. The Morgan fingerprint density at radius 1 is 1.07 bits per heavy atom. The SMILES string of the molecule is COC[C@@H](C)NS(=O)(=O)c1ccc(NC(=O)[C@H](Cc2ccccc2)NC(N)=O)cc1. The summed E-state index contributed by atoms with van der Waals surface area (Å²) in [5.74, 6) is -0.472. The van der Waals surface area contributed by atoms with Crippen molar-refractivity contribution in [3.63, 3.8) is 0 Å². The molecule has 2 atom stereocenters. The largest absolute Gasteiger partial charge is 0.383 e. The Bertz CT molecular complexity index is 949. The summed E-state index contributed by atoms with van der Waals surface area (Å²) >= 11 is 0. The number of carbonyl (C=O) groups is 2. The Balaban J connectivity index is 2.08. The van der Waals surface area contributed by atoms with E-state index in [-0.39, 0.29) is 17.9 Å². The van der Waals surface area contributed by atoms with Crippen LogP contribution < -0.4 is 21.1 Å². The first-order chi connectivity index (χ1) is 14.2. The van der Waals surface area contributed by atoms with E-state index in [0.29, 0.717) is 5.69 Å². The van der Waals surface area contributed by atoms with Crippen LogP contribution in [0.2, 0.25) is 0 Å². The molecular weight excluding hydrogens is 408 g/mol. The number of nitrogens with two attached hydrogens (primary N) is 1. The van der Waals surface area contributed by atoms with E-state index in [0.717, 1.165) is 5.56 Å². The molecule has 0 bridgehead atoms. The highest BCUT2D eigenvalue weighted by Crippen LogP contribution is 2.15. The van der Waals surface area contributed by atoms with E-state index in [1.807, 2.05) is 30.3 Å². The Labute approximate surface area is 176 Å². The van der Waals surface area contributed by atoms with Crippen molar-refractivity contribution in [3.05, 3.63) is 60.2 Å². The molecule has 0 heterocycles. The first-order valence-electron chi connectivity index (χ1n) is 9.23. The summed E-state index contributed by atoms with van der Waals surface area (Å²) in [6.07, 6.45) is 0.253. The van der Waals surface area contributed by atoms with E-state index in [4.69, 9.17) is 10.5 Å². The first kappa shape index (κ1) is 23.3. The zero-order valence-electron chi connectivity index (χ0n) is 16.8. The molecule has 0 unspecified atom stereocenters. The summed E-state index contributed by atoms with van der Waals surface area (Å²) < 4.78 is 32.2. The molecule has 2 aromatic rings. The average Bonchev–Trinajstić information content (AvgIpc) is 2.68. The molecule has 0 aliphatic rings. The molecule has 0 radical (unpaired) electrons. The van der Waals surface area contributed by atoms with E-state index in [2.05, 4.69) is 15.4 Å². The molecule has 2 rings (SSSR count). The van der Waals surface area contributed by atoms with Gasteiger partial charge in [-0.05, 0) is 36.8 Å². The highest BCUT2D eigenvalue weighted by molar-refractivity contribution is 7.89. The minimum absolute atomic E-state index is 0.0551. The van der Waals surface area contributed by atoms with Gasteiger partial charge in [-0.2, -0.15) is 0 Å². The number of nitrogens with one attached hydrogen (secondary N) is 3. The molecule has 3 amide bonds. The average molecular weight is 435 g/mol. The minimum Gasteiger partial charge on any atom is -0.383 e. The lowest BCUT2D eigenvalue weighted by Crippen LogP contribution is -2.47. The Morgan fingerprint density at radius 2 is 1.70 bits per heavy atom. The number of methoxy groups -OCH3 is 1. The summed E-state index contributed by atoms with van der Waals surface area (Å²) in [5.41, 5.74) is 6.43. The predicted octanol–water partition coefficient (Wildman–Crippen LogP) is 1.22. The number of hydrogen-bond acceptors (Lipinski definition) is 5. The Kier molecular flexibility index (Phi) is 8.34. The van der Waals surface area contributed by atoms with Gasteiger partial charge in [0.05, 0.1) is 11.5 Å². The van der Waals surface area contributed by atoms with Gasteiger partial charge in [-0.25, -0.2) is 17.9 Å². The number of urea groups is 1. The van der Waals surface area contributed by atoms with Gasteiger partial charge in [-0.3, -0.25) is 4.79 Å². The van der Waals surface area contributed by atoms with Crippen LogP contribution in [0.5, 0.6) is 0 Å². The van der Waals surface area contributed by atoms with Crippen LogP contribution in [0.25, 0.3) is 0 Å². The molecule has 10 heteroatoms. The lowest BCUT2D eigenvalue weighted by atomic mass is 10.1. The summed E-state index contributed by atoms with van der Waals surface area (Å²) in [6, 6.07) is 12.8. The van der Waals surface area contributed by atoms with E-state index >= 15 is 0 Å². The number of hydrogen-bond donors (Lipinski definition) is 4. The summed E-state index contributed by atoms with van der Waals surface area (Å²) in [5, 5.41) is 5.09. The molecule has 0 saturated carbocycles. The third kappa shape index (κ3) is 7.14. The third-order valence-electron chi connectivity index (χ3n) is 4.12. The zero-order chi connectivity index (χ0) is 22.1. The lowest BCUT2D eigenvalue weighted by molar-refractivity contribution is -0.117. The molecule has 30 heavy (non-hydrogen) atoms. The van der Waals surface area contributed by atoms with Crippen LogP contribution >= 0.6 is 0 Å². The van der Waals surface area contributed by atoms with Crippen molar-refractivity contribution < 1.29 is 22.7 Å². The van der Waals surface area contributed by atoms with E-state index in [9.17, 15) is 18.0 Å². The third-order valence-corrected chi connectivity index (χ3v) is 5.73. The van der Waals surface area contributed by atoms with Gasteiger partial charge in [-0.1, -0.05) is 30.3 Å². The monoisotopic (exact) mass is 434 g/mol. The van der Waals surface area contributed by atoms with Gasteiger partial charge in [0.15, 0.2) is 0 Å². The summed E-state index contributed by atoms with van der Waals surface area (Å²) in [6.45, 7) is 1.93. The van der Waals surface area contributed by atoms with Gasteiger partial charge in [0, 0.05) is 25.3 Å². The van der Waals surface area contributed by atoms with Crippen molar-refractivity contribution in [2.75, 3.05) is 19.0 Å². The molecule has 0 aliphatic heterocycles. The number of benzene rings is 2. The maximum Gasteiger partial charge on any atom is 0.312 e. The molecule has 0 spiro atoms. The van der Waals surface area contributed by atoms with E-state index in [1.165, 1.54) is 31.4 Å². The van der Waals surface area contributed by atoms with Gasteiger partial charge in [0.1, 0.15) is 6.04 Å². The Morgan fingerprint density at radius 3 is 2.27 bits per heavy atom. The molecule has 0 aliphatic carbocycles. The number of primary amides is 1. The fourth-order valence-electron chi connectivity index (χ4n) is 2.79. The fraction of sp³-hybridized carbons (Fsp3) is 0.300. The van der Waals surface area contributed by atoms with Crippen molar-refractivity contribution in [1.82, 2.24) is 10.0 Å². The van der Waals surface area contributed by atoms with Crippen LogP contribution in [0, 0.1) is 0 Å². The van der Waals surface area contributed by atoms with Crippen LogP contribution in [0.1, 0.15) is 12.5 Å². The smallest absolute Gasteiger partial charge is 0.312 e. The van der Waals surface area contributed by atoms with Gasteiger partial charge in [0.2, 0.25) is 15.9 Å². The highest BCUT2D eigenvalue weighted by atomic mass is 32.2. The summed E-state index contributed by atoms with van der Waals surface area (Å²) in [7, 11) is -2.23. The first-order valence-corrected chi connectivity index (χ1v) is 10.7. The maximum atomic E-state index is 12.6. The molecular formula is C20H26N4O5S. The second kappa shape index (κ2) is 10.7. The molecule has 0 fully saturated rings. The number of amides is 3. The molecule has 2 aromatic carbocycles. The topological polar surface area (TPSA) is 140 Å². The molecule has 5 N–H and O–H groups in total. The second-order valence-corrected chi connectivity index (χ2v) is 8.46. The van der Waals surface area contributed by atoms with Gasteiger partial charge < -0.3 is 21.1 Å². The van der Waals surface area contributed by atoms with Crippen LogP contribution in [0.15, 0.2) is 59.5 Å². The maximum absolute atomic E-state index is 12.6. The number of carbonyl (C=O) groups excluding carboxylic acids is 2. The van der Waals surface area contributed by atoms with Crippen molar-refractivity contribution in [2.24, 2.45) is 5.73 Å². The number of ether oxygens (including phenoxy) is 1. The van der Waals surface area contributed by atoms with Crippen molar-refractivity contribution in [2.45, 2.75) is 30.3 Å². The number of anilines is 1. The fourth-order valence-corrected chi connectivity index (χ4v) is 4.02. The van der Waals surface area contributed by atoms with Gasteiger partial charge in [0.25, 0.3) is 0 Å². The van der Waals surface area contributed by atoms with Crippen LogP contribution in [0.4, 0.5) is 10.5 Å². The quantitative estimate of drug-likeness (QED) is 0.445. The van der Waals surface area contributed by atoms with Crippen LogP contribution in [-0.2, 0) is 26.0 Å². The lowest BCUT2D eigenvalue weighted by Gasteiger charge is -2.18. The van der Waals surface area contributed by atoms with Crippen molar-refractivity contribution in [3.8, 4) is 0 Å². The molecule has 9 nitrogen and oxygen atoms in total. The normalized spacial score (nSPS) is 13.3. The van der Waals surface area contributed by atoms with Crippen LogP contribution in [0.3, 0.4) is 0 Å². The minimum atomic E-state index is -3.72. The molecule has 162 valence electrons. The Hall–Kier alpha value is -2.95. The van der Waals surface area contributed by atoms with E-state index < -0.39 is 34.0 Å². The molecule has 0 aromatic heterocycles. The van der Waals surface area contributed by atoms with E-state index in [1.54, 1.807) is 6.92 Å². The zero-order valence-corrected chi connectivity index (χ0v) is 17.6. The number of rotatable bonds is 10. The molecule has 0 saturated heterocycles. The standard InChI is InChI=1S/C20H26N4O5S/c1-14(13-29-2)24-30(27,28)17-10-8-16(9-11-17)22-19(25)18(23-20(21)26)12-15-6-4-3-5-7-15/h3-11,14,18,24H,12-13H2,1-2H3,(H,22,25)(H3,21,23,26)/t14-,18+/m1/s1. The van der Waals surface area contributed by atoms with Crippen molar-refractivity contribution in [1.29, 1.82) is 0 Å². The van der Waals surface area contributed by atoms with Crippen LogP contribution in [-0.4, -0.2) is 46.2 Å². The van der Waals surface area contributed by atoms with Crippen molar-refractivity contribution >= 4 is 27.6 Å². The van der Waals surface area contributed by atoms with Gasteiger partial charge >= 0.3 is 6.03 Å². The number of sulfonamides is 1. The van der Waals surface area contributed by atoms with Gasteiger partial charge in [-0.15, -0.1) is 0 Å². The predicted molar refractivity (Wildman–Crippen MR) is 113 cm³/mol. The summed E-state index contributed by atoms with van der Waals surface area (Å²) in [4.78, 5) is 24.0.